The molecule has 0 bridgehead atoms. The summed E-state index contributed by atoms with van der Waals surface area (Å²) in [6, 6.07) is 17.9. The van der Waals surface area contributed by atoms with Gasteiger partial charge in [0.15, 0.2) is 5.60 Å². The van der Waals surface area contributed by atoms with Crippen LogP contribution >= 0.6 is 15.9 Å². The number of alkyl halides is 1. The lowest BCUT2D eigenvalue weighted by Gasteiger charge is -2.44. The van der Waals surface area contributed by atoms with E-state index in [0.717, 1.165) is 5.56 Å². The highest BCUT2D eigenvalue weighted by Gasteiger charge is 2.48. The molecule has 2 aromatic rings. The van der Waals surface area contributed by atoms with Crippen molar-refractivity contribution in [2.75, 3.05) is 13.1 Å². The van der Waals surface area contributed by atoms with Crippen LogP contribution in [0.15, 0.2) is 65.6 Å². The number of carbonyl (C=O) groups excluding carboxylic acids is 1. The van der Waals surface area contributed by atoms with Crippen LogP contribution in [0.3, 0.4) is 0 Å². The van der Waals surface area contributed by atoms with Gasteiger partial charge in [0, 0.05) is 25.9 Å². The molecule has 0 radical (unpaired) electrons. The largest absolute Gasteiger partial charge is 0.453 e. The van der Waals surface area contributed by atoms with Gasteiger partial charge in [-0.05, 0) is 17.7 Å². The Morgan fingerprint density at radius 3 is 2.30 bits per heavy atom. The highest BCUT2D eigenvalue weighted by molar-refractivity contribution is 9.09. The van der Waals surface area contributed by atoms with Crippen molar-refractivity contribution in [1.82, 2.24) is 4.31 Å². The van der Waals surface area contributed by atoms with Gasteiger partial charge >= 0.3 is 5.97 Å². The fraction of sp³-hybridized carbons (Fsp3) is 0.350. The summed E-state index contributed by atoms with van der Waals surface area (Å²) in [6.07, 6.45) is 0.644. The molecule has 1 saturated heterocycles. The van der Waals surface area contributed by atoms with E-state index in [2.05, 4.69) is 15.9 Å². The Labute approximate surface area is 168 Å². The number of hydrogen-bond acceptors (Lipinski definition) is 4. The molecule has 1 heterocycles. The molecule has 5 nitrogen and oxygen atoms in total. The lowest BCUT2D eigenvalue weighted by atomic mass is 9.84. The number of ether oxygens (including phenoxy) is 1. The molecule has 144 valence electrons. The van der Waals surface area contributed by atoms with E-state index in [1.807, 2.05) is 30.3 Å². The monoisotopic (exact) mass is 451 g/mol. The Hall–Kier alpha value is -1.70. The summed E-state index contributed by atoms with van der Waals surface area (Å²) in [4.78, 5) is 12.0. The Morgan fingerprint density at radius 1 is 1.15 bits per heavy atom. The number of esters is 1. The number of halogens is 1. The van der Waals surface area contributed by atoms with E-state index >= 15 is 0 Å². The van der Waals surface area contributed by atoms with Gasteiger partial charge in [-0.2, -0.15) is 4.31 Å². The van der Waals surface area contributed by atoms with E-state index < -0.39 is 15.6 Å². The number of hydrogen-bond donors (Lipinski definition) is 0. The van der Waals surface area contributed by atoms with E-state index in [0.29, 0.717) is 6.42 Å². The second-order valence-electron chi connectivity index (χ2n) is 6.48. The van der Waals surface area contributed by atoms with E-state index in [-0.39, 0.29) is 35.2 Å². The molecule has 0 spiro atoms. The topological polar surface area (TPSA) is 63.7 Å². The fourth-order valence-corrected chi connectivity index (χ4v) is 5.92. The molecule has 2 aromatic carbocycles. The normalized spacial score (nSPS) is 23.7. The van der Waals surface area contributed by atoms with Gasteiger partial charge in [0.1, 0.15) is 0 Å². The lowest BCUT2D eigenvalue weighted by Crippen LogP contribution is -2.54. The lowest BCUT2D eigenvalue weighted by molar-refractivity contribution is -0.164. The third-order valence-electron chi connectivity index (χ3n) is 4.83. The van der Waals surface area contributed by atoms with Crippen LogP contribution in [0.25, 0.3) is 0 Å². The fourth-order valence-electron chi connectivity index (χ4n) is 3.32. The van der Waals surface area contributed by atoms with Crippen molar-refractivity contribution in [2.45, 2.75) is 35.1 Å². The number of benzene rings is 2. The molecule has 2 atom stereocenters. The maximum absolute atomic E-state index is 13.0. The molecule has 0 N–H and O–H groups in total. The average Bonchev–Trinajstić information content (AvgIpc) is 2.70. The first-order valence-corrected chi connectivity index (χ1v) is 11.2. The van der Waals surface area contributed by atoms with Crippen LogP contribution in [0.1, 0.15) is 25.3 Å². The maximum atomic E-state index is 13.0. The van der Waals surface area contributed by atoms with E-state index in [1.165, 1.54) is 4.31 Å². The van der Waals surface area contributed by atoms with Crippen LogP contribution in [0.2, 0.25) is 0 Å². The molecule has 0 aromatic heterocycles. The van der Waals surface area contributed by atoms with Gasteiger partial charge in [-0.25, -0.2) is 8.42 Å². The number of carbonyl (C=O) groups is 1. The zero-order valence-electron chi connectivity index (χ0n) is 15.0. The van der Waals surface area contributed by atoms with E-state index in [1.54, 1.807) is 37.3 Å². The van der Waals surface area contributed by atoms with E-state index in [4.69, 9.17) is 4.74 Å². The summed E-state index contributed by atoms with van der Waals surface area (Å²) in [5.74, 6) is -0.303. The average molecular weight is 452 g/mol. The minimum Gasteiger partial charge on any atom is -0.453 e. The van der Waals surface area contributed by atoms with Crippen LogP contribution in [-0.4, -0.2) is 36.6 Å². The summed E-state index contributed by atoms with van der Waals surface area (Å²) in [5, 5.41) is 0. The maximum Gasteiger partial charge on any atom is 0.306 e. The van der Waals surface area contributed by atoms with E-state index in [9.17, 15) is 13.2 Å². The molecule has 3 rings (SSSR count). The third kappa shape index (κ3) is 3.95. The van der Waals surface area contributed by atoms with Crippen molar-refractivity contribution in [2.24, 2.45) is 0 Å². The molecule has 0 amide bonds. The highest BCUT2D eigenvalue weighted by atomic mass is 79.9. The zero-order chi connectivity index (χ0) is 19.5. The summed E-state index contributed by atoms with van der Waals surface area (Å²) < 4.78 is 33.2. The molecule has 1 aliphatic rings. The van der Waals surface area contributed by atoms with Crippen molar-refractivity contribution in [1.29, 1.82) is 0 Å². The van der Waals surface area contributed by atoms with Gasteiger partial charge < -0.3 is 4.74 Å². The van der Waals surface area contributed by atoms with Crippen molar-refractivity contribution in [3.8, 4) is 0 Å². The molecular weight excluding hydrogens is 430 g/mol. The SMILES string of the molecule is CCC(=O)O[C@@]1(c2ccccc2)CCN(S(=O)(=O)c2ccccc2)C[C@@H]1Br. The Balaban J connectivity index is 1.92. The second-order valence-corrected chi connectivity index (χ2v) is 9.52. The predicted molar refractivity (Wildman–Crippen MR) is 107 cm³/mol. The molecule has 1 fully saturated rings. The van der Waals surface area contributed by atoms with Crippen LogP contribution in [-0.2, 0) is 25.2 Å². The molecular formula is C20H22BrNO4S. The summed E-state index contributed by atoms with van der Waals surface area (Å²) in [6.45, 7) is 2.23. The first-order chi connectivity index (χ1) is 12.9. The van der Waals surface area contributed by atoms with Gasteiger partial charge in [0.25, 0.3) is 0 Å². The second kappa shape index (κ2) is 8.12. The number of nitrogens with zero attached hydrogens (tertiary/aromatic N) is 1. The minimum atomic E-state index is -3.60. The first-order valence-electron chi connectivity index (χ1n) is 8.87. The first kappa shape index (κ1) is 20.0. The van der Waals surface area contributed by atoms with Gasteiger partial charge in [0.05, 0.1) is 9.72 Å². The van der Waals surface area contributed by atoms with Crippen LogP contribution in [0, 0.1) is 0 Å². The summed E-state index contributed by atoms with van der Waals surface area (Å²) in [5.41, 5.74) is -0.0257. The highest BCUT2D eigenvalue weighted by Crippen LogP contribution is 2.42. The van der Waals surface area contributed by atoms with Gasteiger partial charge in [-0.3, -0.25) is 4.79 Å². The molecule has 7 heteroatoms. The third-order valence-corrected chi connectivity index (χ3v) is 7.74. The van der Waals surface area contributed by atoms with Crippen LogP contribution < -0.4 is 0 Å². The van der Waals surface area contributed by atoms with Crippen LogP contribution in [0.5, 0.6) is 0 Å². The smallest absolute Gasteiger partial charge is 0.306 e. The number of rotatable bonds is 5. The quantitative estimate of drug-likeness (QED) is 0.513. The van der Waals surface area contributed by atoms with Gasteiger partial charge in [-0.1, -0.05) is 71.4 Å². The number of sulfonamides is 1. The molecule has 27 heavy (non-hydrogen) atoms. The summed E-state index contributed by atoms with van der Waals surface area (Å²) >= 11 is 3.63. The van der Waals surface area contributed by atoms with Gasteiger partial charge in [0.2, 0.25) is 10.0 Å². The molecule has 0 saturated carbocycles. The van der Waals surface area contributed by atoms with Crippen molar-refractivity contribution in [3.05, 3.63) is 66.2 Å². The van der Waals surface area contributed by atoms with Gasteiger partial charge in [-0.15, -0.1) is 0 Å². The Morgan fingerprint density at radius 2 is 1.74 bits per heavy atom. The van der Waals surface area contributed by atoms with Crippen molar-refractivity contribution in [3.63, 3.8) is 0 Å². The number of piperidine rings is 1. The standard InChI is InChI=1S/C20H22BrNO4S/c1-2-19(23)26-20(16-9-5-3-6-10-16)13-14-22(15-18(20)21)27(24,25)17-11-7-4-8-12-17/h3-12,18H,2,13-15H2,1H3/t18-,20+/m0/s1. The Bertz CT molecular complexity index is 889. The predicted octanol–water partition coefficient (Wildman–Crippen LogP) is 3.69. The summed E-state index contributed by atoms with van der Waals surface area (Å²) in [7, 11) is -3.60. The van der Waals surface area contributed by atoms with Crippen molar-refractivity contribution < 1.29 is 17.9 Å². The Kier molecular flexibility index (Phi) is 6.03. The van der Waals surface area contributed by atoms with Crippen molar-refractivity contribution >= 4 is 31.9 Å². The van der Waals surface area contributed by atoms with Crippen LogP contribution in [0.4, 0.5) is 0 Å². The molecule has 0 aliphatic carbocycles. The zero-order valence-corrected chi connectivity index (χ0v) is 17.4. The molecule has 1 aliphatic heterocycles. The minimum absolute atomic E-state index is 0.211. The molecule has 0 unspecified atom stereocenters.